The van der Waals surface area contributed by atoms with E-state index in [-0.39, 0.29) is 33.0 Å². The molecule has 0 bridgehead atoms. The number of benzene rings is 2. The molecule has 0 saturated carbocycles. The van der Waals surface area contributed by atoms with E-state index in [1.54, 1.807) is 25.4 Å². The van der Waals surface area contributed by atoms with Crippen LogP contribution in [-0.2, 0) is 11.8 Å². The predicted molar refractivity (Wildman–Crippen MR) is 165 cm³/mol. The molecule has 3 saturated heterocycles. The quantitative estimate of drug-likeness (QED) is 0.310. The number of carbonyl (C=O) groups is 1. The van der Waals surface area contributed by atoms with E-state index in [9.17, 15) is 4.79 Å². The van der Waals surface area contributed by atoms with Crippen molar-refractivity contribution in [3.63, 3.8) is 0 Å². The maximum absolute atomic E-state index is 16.8. The second kappa shape index (κ2) is 10.1. The minimum absolute atomic E-state index is 0.0368. The highest BCUT2D eigenvalue weighted by Gasteiger charge is 2.46. The Hall–Kier alpha value is -3.83. The van der Waals surface area contributed by atoms with Crippen molar-refractivity contribution in [3.05, 3.63) is 53.7 Å². The second-order valence-corrected chi connectivity index (χ2v) is 12.7. The lowest BCUT2D eigenvalue weighted by Crippen LogP contribution is -2.61. The Bertz CT molecular complexity index is 1780. The van der Waals surface area contributed by atoms with Crippen LogP contribution in [0.15, 0.2) is 37.1 Å². The van der Waals surface area contributed by atoms with Crippen molar-refractivity contribution in [1.29, 1.82) is 0 Å². The predicted octanol–water partition coefficient (Wildman–Crippen LogP) is 4.48. The number of hydrogen-bond donors (Lipinski definition) is 0. The molecule has 12 heteroatoms. The summed E-state index contributed by atoms with van der Waals surface area (Å²) in [4.78, 5) is 29.9. The van der Waals surface area contributed by atoms with E-state index in [0.29, 0.717) is 47.2 Å². The summed E-state index contributed by atoms with van der Waals surface area (Å²) in [5.74, 6) is -0.250. The highest BCUT2D eigenvalue weighted by molar-refractivity contribution is 6.35. The number of carbonyl (C=O) groups excluding carboxylic acids is 1. The van der Waals surface area contributed by atoms with Gasteiger partial charge in [0.15, 0.2) is 5.82 Å². The number of amides is 1. The van der Waals surface area contributed by atoms with Crippen LogP contribution in [0.1, 0.15) is 12.8 Å². The molecular formula is C31H33ClF2N8O. The van der Waals surface area contributed by atoms with E-state index < -0.39 is 11.6 Å². The summed E-state index contributed by atoms with van der Waals surface area (Å²) in [6.45, 7) is 7.88. The highest BCUT2D eigenvalue weighted by atomic mass is 35.5. The molecule has 1 spiro atoms. The fourth-order valence-electron chi connectivity index (χ4n) is 6.76. The minimum Gasteiger partial charge on any atom is -0.356 e. The van der Waals surface area contributed by atoms with Gasteiger partial charge in [0.2, 0.25) is 11.9 Å². The summed E-state index contributed by atoms with van der Waals surface area (Å²) in [5, 5.41) is 5.51. The van der Waals surface area contributed by atoms with Gasteiger partial charge in [-0.05, 0) is 51.2 Å². The van der Waals surface area contributed by atoms with Crippen LogP contribution in [0.5, 0.6) is 0 Å². The van der Waals surface area contributed by atoms with Crippen LogP contribution in [-0.4, -0.2) is 94.9 Å². The largest absolute Gasteiger partial charge is 0.356 e. The van der Waals surface area contributed by atoms with Crippen molar-refractivity contribution in [3.8, 4) is 11.1 Å². The monoisotopic (exact) mass is 606 g/mol. The molecule has 3 fully saturated rings. The van der Waals surface area contributed by atoms with Crippen LogP contribution in [0.4, 0.5) is 20.5 Å². The molecule has 224 valence electrons. The summed E-state index contributed by atoms with van der Waals surface area (Å²) in [5.41, 5.74) is 0.663. The van der Waals surface area contributed by atoms with Gasteiger partial charge >= 0.3 is 0 Å². The normalized spacial score (nSPS) is 18.5. The van der Waals surface area contributed by atoms with Gasteiger partial charge in [-0.3, -0.25) is 9.48 Å². The topological polar surface area (TPSA) is 73.6 Å². The number of likely N-dealkylation sites (tertiary alicyclic amines) is 1. The van der Waals surface area contributed by atoms with Crippen molar-refractivity contribution in [2.45, 2.75) is 18.9 Å². The number of aryl methyl sites for hydroxylation is 1. The number of fused-ring (bicyclic) bond motifs is 2. The fourth-order valence-corrected chi connectivity index (χ4v) is 7.05. The van der Waals surface area contributed by atoms with Crippen LogP contribution >= 0.6 is 11.6 Å². The van der Waals surface area contributed by atoms with Gasteiger partial charge in [-0.15, -0.1) is 0 Å². The average molecular weight is 607 g/mol. The second-order valence-electron chi connectivity index (χ2n) is 12.3. The zero-order valence-electron chi connectivity index (χ0n) is 24.4. The summed E-state index contributed by atoms with van der Waals surface area (Å²) in [6, 6.07) is 4.94. The van der Waals surface area contributed by atoms with Crippen molar-refractivity contribution in [2.24, 2.45) is 12.5 Å². The van der Waals surface area contributed by atoms with Gasteiger partial charge in [0, 0.05) is 79.7 Å². The number of rotatable bonds is 5. The third-order valence-electron chi connectivity index (χ3n) is 9.49. The molecule has 3 aliphatic rings. The Morgan fingerprint density at radius 2 is 1.84 bits per heavy atom. The average Bonchev–Trinajstić information content (AvgIpc) is 3.32. The molecule has 0 aliphatic carbocycles. The van der Waals surface area contributed by atoms with Crippen LogP contribution in [0.3, 0.4) is 0 Å². The molecule has 43 heavy (non-hydrogen) atoms. The molecule has 7 rings (SSSR count). The molecule has 0 unspecified atom stereocenters. The number of halogens is 3. The summed E-state index contributed by atoms with van der Waals surface area (Å²) < 4.78 is 33.7. The Balaban J connectivity index is 1.32. The molecule has 5 heterocycles. The zero-order chi connectivity index (χ0) is 30.2. The molecule has 2 aromatic heterocycles. The summed E-state index contributed by atoms with van der Waals surface area (Å²) in [7, 11) is 5.76. The Kier molecular flexibility index (Phi) is 6.59. The first-order valence-electron chi connectivity index (χ1n) is 14.5. The molecule has 9 nitrogen and oxygen atoms in total. The molecule has 0 radical (unpaired) electrons. The highest BCUT2D eigenvalue weighted by Crippen LogP contribution is 2.45. The van der Waals surface area contributed by atoms with Crippen LogP contribution < -0.4 is 9.80 Å². The lowest BCUT2D eigenvalue weighted by Gasteiger charge is -2.54. The van der Waals surface area contributed by atoms with Gasteiger partial charge in [-0.1, -0.05) is 18.2 Å². The molecule has 0 N–H and O–H groups in total. The van der Waals surface area contributed by atoms with E-state index >= 15 is 8.78 Å². The number of piperidine rings is 1. The fraction of sp³-hybridized carbons (Fsp3) is 0.419. The number of nitrogens with zero attached hydrogens (tertiary/aromatic N) is 8. The zero-order valence-corrected chi connectivity index (χ0v) is 25.2. The van der Waals surface area contributed by atoms with Crippen LogP contribution in [0.2, 0.25) is 5.02 Å². The lowest BCUT2D eigenvalue weighted by atomic mass is 9.72. The van der Waals surface area contributed by atoms with Gasteiger partial charge in [-0.2, -0.15) is 10.1 Å². The first-order valence-corrected chi connectivity index (χ1v) is 14.8. The Morgan fingerprint density at radius 3 is 2.51 bits per heavy atom. The van der Waals surface area contributed by atoms with E-state index in [1.165, 1.54) is 16.8 Å². The summed E-state index contributed by atoms with van der Waals surface area (Å²) >= 11 is 6.80. The van der Waals surface area contributed by atoms with Gasteiger partial charge in [-0.25, -0.2) is 13.8 Å². The number of hydrogen-bond acceptors (Lipinski definition) is 7. The molecule has 4 aromatic rings. The summed E-state index contributed by atoms with van der Waals surface area (Å²) in [6.07, 6.45) is 4.74. The van der Waals surface area contributed by atoms with Crippen molar-refractivity contribution < 1.29 is 13.6 Å². The minimum atomic E-state index is -0.685. The third-order valence-corrected chi connectivity index (χ3v) is 9.79. The van der Waals surface area contributed by atoms with Gasteiger partial charge < -0.3 is 19.6 Å². The van der Waals surface area contributed by atoms with E-state index in [4.69, 9.17) is 21.6 Å². The first-order chi connectivity index (χ1) is 20.6. The van der Waals surface area contributed by atoms with Crippen LogP contribution in [0.25, 0.3) is 32.9 Å². The van der Waals surface area contributed by atoms with Crippen molar-refractivity contribution in [1.82, 2.24) is 29.5 Å². The number of likely N-dealkylation sites (N-methyl/N-ethyl adjacent to an activating group) is 1. The van der Waals surface area contributed by atoms with Gasteiger partial charge in [0.25, 0.3) is 0 Å². The van der Waals surface area contributed by atoms with Crippen LogP contribution in [0, 0.1) is 17.0 Å². The third kappa shape index (κ3) is 4.43. The Morgan fingerprint density at radius 1 is 1.12 bits per heavy atom. The standard InChI is InChI=1S/C31H33ClF2N8O/c1-5-23(43)42-16-31(17-42)8-10-40(11-9-31)29-20-12-21(32)24(25-22(33)7-6-18-13-35-39(4)28(18)25)26(34)27(20)36-30(37-29)41-14-19(15-41)38(2)3/h5-7,12-13,19H,1,8-11,14-17H2,2-4H3. The van der Waals surface area contributed by atoms with E-state index in [0.717, 1.165) is 39.0 Å². The van der Waals surface area contributed by atoms with Gasteiger partial charge in [0.1, 0.15) is 17.2 Å². The van der Waals surface area contributed by atoms with Crippen molar-refractivity contribution >= 4 is 51.1 Å². The number of aromatic nitrogens is 4. The lowest BCUT2D eigenvalue weighted by molar-refractivity contribution is -0.139. The number of anilines is 2. The van der Waals surface area contributed by atoms with E-state index in [1.807, 2.05) is 23.9 Å². The molecule has 1 amide bonds. The Labute approximate surface area is 253 Å². The molecular weight excluding hydrogens is 574 g/mol. The van der Waals surface area contributed by atoms with Gasteiger partial charge in [0.05, 0.1) is 16.7 Å². The molecule has 3 aliphatic heterocycles. The maximum atomic E-state index is 16.8. The smallest absolute Gasteiger partial charge is 0.245 e. The first kappa shape index (κ1) is 28.0. The van der Waals surface area contributed by atoms with E-state index in [2.05, 4.69) is 21.5 Å². The van der Waals surface area contributed by atoms with Crippen molar-refractivity contribution in [2.75, 3.05) is 63.2 Å². The maximum Gasteiger partial charge on any atom is 0.245 e. The SMILES string of the molecule is C=CC(=O)N1CC2(CCN(c3nc(N4CC(N(C)C)C4)nc4c(F)c(-c5c(F)ccc6cnn(C)c56)c(Cl)cc34)CC2)C1. The molecule has 2 aromatic carbocycles. The molecule has 0 atom stereocenters.